The van der Waals surface area contributed by atoms with E-state index in [1.165, 1.54) is 38.9 Å². The van der Waals surface area contributed by atoms with Crippen LogP contribution in [0.15, 0.2) is 66.7 Å². The summed E-state index contributed by atoms with van der Waals surface area (Å²) in [5.74, 6) is 1.80. The smallest absolute Gasteiger partial charge is 0.191 e. The van der Waals surface area contributed by atoms with E-state index in [1.807, 2.05) is 12.1 Å². The third kappa shape index (κ3) is 6.81. The van der Waals surface area contributed by atoms with Crippen molar-refractivity contribution in [2.24, 2.45) is 0 Å². The van der Waals surface area contributed by atoms with Crippen LogP contribution >= 0.6 is 0 Å². The van der Waals surface area contributed by atoms with Crippen molar-refractivity contribution < 1.29 is 13.9 Å². The second kappa shape index (κ2) is 12.7. The number of benzene rings is 3. The molecule has 1 heterocycles. The number of aromatic nitrogens is 1. The zero-order valence-electron chi connectivity index (χ0n) is 25.8. The summed E-state index contributed by atoms with van der Waals surface area (Å²) in [5, 5.41) is 1.47. The van der Waals surface area contributed by atoms with E-state index in [0.717, 1.165) is 50.5 Å². The van der Waals surface area contributed by atoms with Gasteiger partial charge in [0.1, 0.15) is 11.5 Å². The van der Waals surface area contributed by atoms with E-state index >= 15 is 0 Å². The lowest BCUT2D eigenvalue weighted by molar-refractivity contribution is 0.292. The molecule has 0 amide bonds. The molecular weight excluding hydrogens is 510 g/mol. The van der Waals surface area contributed by atoms with Gasteiger partial charge in [-0.2, -0.15) is 0 Å². The topological polar surface area (TPSA) is 32.6 Å². The van der Waals surface area contributed by atoms with Gasteiger partial charge < -0.3 is 18.5 Å². The van der Waals surface area contributed by atoms with Gasteiger partial charge in [-0.3, -0.25) is 0 Å². The normalized spacial score (nSPS) is 12.2. The third-order valence-electron chi connectivity index (χ3n) is 8.44. The molecule has 0 aliphatic rings. The largest absolute Gasteiger partial charge is 0.497 e. The number of hydrogen-bond acceptors (Lipinski definition) is 3. The molecule has 4 rings (SSSR count). The maximum absolute atomic E-state index is 6.41. The van der Waals surface area contributed by atoms with E-state index in [2.05, 4.69) is 107 Å². The van der Waals surface area contributed by atoms with Crippen molar-refractivity contribution in [1.82, 2.24) is 4.57 Å². The maximum atomic E-state index is 6.41. The minimum Gasteiger partial charge on any atom is -0.497 e. The highest BCUT2D eigenvalue weighted by molar-refractivity contribution is 6.74. The summed E-state index contributed by atoms with van der Waals surface area (Å²) >= 11 is 0. The Morgan fingerprint density at radius 3 is 2.10 bits per heavy atom. The quantitative estimate of drug-likeness (QED) is 0.128. The minimum absolute atomic E-state index is 0.235. The lowest BCUT2D eigenvalue weighted by atomic mass is 10.1. The van der Waals surface area contributed by atoms with Crippen LogP contribution in [0.5, 0.6) is 11.5 Å². The maximum Gasteiger partial charge on any atom is 0.191 e. The fraction of sp³-hybridized carbons (Fsp3) is 0.429. The van der Waals surface area contributed by atoms with Crippen molar-refractivity contribution >= 4 is 19.2 Å². The van der Waals surface area contributed by atoms with Crippen molar-refractivity contribution in [2.75, 3.05) is 20.3 Å². The first kappa shape index (κ1) is 29.9. The zero-order chi connectivity index (χ0) is 28.9. The molecule has 4 nitrogen and oxygen atoms in total. The molecule has 0 fully saturated rings. The Balaban J connectivity index is 1.61. The summed E-state index contributed by atoms with van der Waals surface area (Å²) in [5.41, 5.74) is 7.50. The van der Waals surface area contributed by atoms with Gasteiger partial charge in [0.05, 0.1) is 19.4 Å². The van der Waals surface area contributed by atoms with Crippen LogP contribution in [0.1, 0.15) is 57.2 Å². The molecule has 0 N–H and O–H groups in total. The molecule has 4 aromatic rings. The van der Waals surface area contributed by atoms with Crippen LogP contribution < -0.4 is 9.47 Å². The zero-order valence-corrected chi connectivity index (χ0v) is 26.8. The summed E-state index contributed by atoms with van der Waals surface area (Å²) in [4.78, 5) is 0. The van der Waals surface area contributed by atoms with Gasteiger partial charge in [0.15, 0.2) is 8.32 Å². The first-order chi connectivity index (χ1) is 19.0. The van der Waals surface area contributed by atoms with Crippen LogP contribution in [0, 0.1) is 6.92 Å². The van der Waals surface area contributed by atoms with Crippen molar-refractivity contribution in [3.05, 3.63) is 83.4 Å². The second-order valence-electron chi connectivity index (χ2n) is 12.3. The Labute approximate surface area is 242 Å². The molecule has 3 aromatic carbocycles. The highest BCUT2D eigenvalue weighted by Gasteiger charge is 2.36. The van der Waals surface area contributed by atoms with Gasteiger partial charge in [-0.1, -0.05) is 58.4 Å². The highest BCUT2D eigenvalue weighted by Crippen LogP contribution is 2.37. The number of rotatable bonds is 12. The lowest BCUT2D eigenvalue weighted by Crippen LogP contribution is -2.41. The first-order valence-corrected chi connectivity index (χ1v) is 17.6. The molecule has 0 saturated heterocycles. The van der Waals surface area contributed by atoms with E-state index in [1.54, 1.807) is 7.11 Å². The number of hydrogen-bond donors (Lipinski definition) is 0. The van der Waals surface area contributed by atoms with Crippen molar-refractivity contribution in [2.45, 2.75) is 78.6 Å². The summed E-state index contributed by atoms with van der Waals surface area (Å²) in [6.45, 7) is 18.3. The van der Waals surface area contributed by atoms with Crippen LogP contribution in [-0.4, -0.2) is 33.2 Å². The van der Waals surface area contributed by atoms with Gasteiger partial charge in [0.2, 0.25) is 0 Å². The molecule has 0 aliphatic heterocycles. The van der Waals surface area contributed by atoms with Crippen LogP contribution in [0.25, 0.3) is 22.2 Å². The van der Waals surface area contributed by atoms with Gasteiger partial charge in [-0.15, -0.1) is 0 Å². The average Bonchev–Trinajstić information content (AvgIpc) is 3.19. The number of methoxy groups -OCH3 is 1. The number of nitrogens with zero attached hydrogens (tertiary/aromatic N) is 1. The van der Waals surface area contributed by atoms with Crippen LogP contribution in [-0.2, 0) is 17.4 Å². The van der Waals surface area contributed by atoms with Gasteiger partial charge >= 0.3 is 0 Å². The number of unbranched alkanes of at least 4 members (excludes halogenated alkanes) is 1. The van der Waals surface area contributed by atoms with Crippen LogP contribution in [0.2, 0.25) is 18.1 Å². The Morgan fingerprint density at radius 1 is 0.825 bits per heavy atom. The first-order valence-electron chi connectivity index (χ1n) is 14.7. The Bertz CT molecular complexity index is 1400. The average molecular weight is 558 g/mol. The minimum atomic E-state index is -1.72. The van der Waals surface area contributed by atoms with E-state index in [9.17, 15) is 0 Å². The molecule has 40 heavy (non-hydrogen) atoms. The number of aryl methyl sites for hydroxylation is 1. The monoisotopic (exact) mass is 557 g/mol. The van der Waals surface area contributed by atoms with Crippen LogP contribution in [0.3, 0.4) is 0 Å². The summed E-state index contributed by atoms with van der Waals surface area (Å²) in [6.07, 6.45) is 3.13. The summed E-state index contributed by atoms with van der Waals surface area (Å²) in [6, 6.07) is 24.0. The van der Waals surface area contributed by atoms with E-state index in [-0.39, 0.29) is 5.04 Å². The lowest BCUT2D eigenvalue weighted by Gasteiger charge is -2.36. The van der Waals surface area contributed by atoms with Crippen LogP contribution in [0.4, 0.5) is 0 Å². The highest BCUT2D eigenvalue weighted by atomic mass is 28.4. The predicted octanol–water partition coefficient (Wildman–Crippen LogP) is 9.42. The summed E-state index contributed by atoms with van der Waals surface area (Å²) < 4.78 is 20.3. The molecule has 0 radical (unpaired) electrons. The van der Waals surface area contributed by atoms with E-state index < -0.39 is 8.32 Å². The molecular formula is C35H47NO3Si. The Kier molecular flexibility index (Phi) is 9.47. The molecule has 214 valence electrons. The van der Waals surface area contributed by atoms with Gasteiger partial charge in [0, 0.05) is 24.1 Å². The van der Waals surface area contributed by atoms with E-state index in [0.29, 0.717) is 0 Å². The standard InChI is InChI=1S/C35H47NO3Si/c1-9-10-22-38-31-19-20-33-32(24-31)26(2)34(29-15-17-30(37-6)18-16-29)36(33)25-28-13-11-27(12-14-28)21-23-39-40(7,8)35(3,4)5/h11-20,24H,9-10,21-23,25H2,1-8H3. The van der Waals surface area contributed by atoms with Crippen molar-refractivity contribution in [1.29, 1.82) is 0 Å². The van der Waals surface area contributed by atoms with Gasteiger partial charge in [0.25, 0.3) is 0 Å². The molecule has 0 spiro atoms. The molecule has 0 atom stereocenters. The molecule has 0 unspecified atom stereocenters. The molecule has 0 aliphatic carbocycles. The predicted molar refractivity (Wildman–Crippen MR) is 171 cm³/mol. The second-order valence-corrected chi connectivity index (χ2v) is 17.2. The van der Waals surface area contributed by atoms with Crippen molar-refractivity contribution in [3.8, 4) is 22.8 Å². The SMILES string of the molecule is CCCCOc1ccc2c(c1)c(C)c(-c1ccc(OC)cc1)n2Cc1ccc(CCO[Si](C)(C)C(C)(C)C)cc1. The molecule has 0 saturated carbocycles. The van der Waals surface area contributed by atoms with Gasteiger partial charge in [-0.05, 0) is 103 Å². The van der Waals surface area contributed by atoms with Crippen molar-refractivity contribution in [3.63, 3.8) is 0 Å². The fourth-order valence-electron chi connectivity index (χ4n) is 4.85. The summed E-state index contributed by atoms with van der Waals surface area (Å²) in [7, 11) is -0.0143. The van der Waals surface area contributed by atoms with E-state index in [4.69, 9.17) is 13.9 Å². The Morgan fingerprint density at radius 2 is 1.48 bits per heavy atom. The van der Waals surface area contributed by atoms with Gasteiger partial charge in [-0.25, -0.2) is 0 Å². The molecule has 5 heteroatoms. The fourth-order valence-corrected chi connectivity index (χ4v) is 5.89. The number of ether oxygens (including phenoxy) is 2. The third-order valence-corrected chi connectivity index (χ3v) is 13.0. The molecule has 1 aromatic heterocycles. The number of fused-ring (bicyclic) bond motifs is 1. The Hall–Kier alpha value is -3.02. The molecule has 0 bridgehead atoms.